The zero-order valence-electron chi connectivity index (χ0n) is 22.4. The van der Waals surface area contributed by atoms with E-state index >= 15 is 0 Å². The predicted octanol–water partition coefficient (Wildman–Crippen LogP) is 4.52. The van der Waals surface area contributed by atoms with Crippen molar-refractivity contribution in [3.05, 3.63) is 5.76 Å². The number of nitrogens with one attached hydrogen (secondary N) is 2. The summed E-state index contributed by atoms with van der Waals surface area (Å²) < 4.78 is 11.8. The molecule has 5 fully saturated rings. The van der Waals surface area contributed by atoms with Gasteiger partial charge in [0.05, 0.1) is 5.41 Å². The summed E-state index contributed by atoms with van der Waals surface area (Å²) in [5.41, 5.74) is 4.78. The second-order valence-corrected chi connectivity index (χ2v) is 13.8. The Morgan fingerprint density at radius 2 is 1.76 bits per heavy atom. The van der Waals surface area contributed by atoms with Gasteiger partial charge in [-0.25, -0.2) is 0 Å². The fourth-order valence-corrected chi connectivity index (χ4v) is 8.53. The molecule has 1 aromatic rings. The fourth-order valence-electron chi connectivity index (χ4n) is 7.19. The second kappa shape index (κ2) is 11.6. The summed E-state index contributed by atoms with van der Waals surface area (Å²) in [6, 6.07) is 0.235. The Hall–Kier alpha value is -1.74. The summed E-state index contributed by atoms with van der Waals surface area (Å²) >= 11 is 1.66. The lowest BCUT2D eigenvalue weighted by molar-refractivity contribution is -0.130. The molecule has 4 bridgehead atoms. The zero-order valence-corrected chi connectivity index (χ0v) is 23.2. The number of nitrogens with zero attached hydrogens (tertiary/aromatic N) is 1. The van der Waals surface area contributed by atoms with Gasteiger partial charge in [0.25, 0.3) is 11.8 Å². The van der Waals surface area contributed by atoms with Crippen molar-refractivity contribution >= 4 is 23.6 Å². The summed E-state index contributed by atoms with van der Waals surface area (Å²) in [5.74, 6) is 3.23. The average Bonchev–Trinajstić information content (AvgIpc) is 3.27. The number of ether oxygens (including phenoxy) is 1. The third kappa shape index (κ3) is 6.13. The fraction of sp³-hybridized carbons (Fsp3) is 0.821. The van der Waals surface area contributed by atoms with Crippen LogP contribution < -0.4 is 21.1 Å². The van der Waals surface area contributed by atoms with Gasteiger partial charge in [-0.05, 0) is 101 Å². The normalized spacial score (nSPS) is 29.3. The largest absolute Gasteiger partial charge is 0.474 e. The van der Waals surface area contributed by atoms with Crippen molar-refractivity contribution in [2.24, 2.45) is 34.8 Å². The molecule has 0 atom stereocenters. The number of thioether (sulfide) groups is 1. The Kier molecular flexibility index (Phi) is 8.39. The second-order valence-electron chi connectivity index (χ2n) is 12.5. The molecule has 6 rings (SSSR count). The smallest absolute Gasteiger partial charge is 0.291 e. The minimum atomic E-state index is -0.761. The Balaban J connectivity index is 1.28. The van der Waals surface area contributed by atoms with E-state index < -0.39 is 5.41 Å². The Morgan fingerprint density at radius 1 is 1.08 bits per heavy atom. The first kappa shape index (κ1) is 26.9. The summed E-state index contributed by atoms with van der Waals surface area (Å²) in [6.45, 7) is 4.91. The predicted molar refractivity (Wildman–Crippen MR) is 143 cm³/mol. The maximum absolute atomic E-state index is 13.6. The third-order valence-corrected chi connectivity index (χ3v) is 10.4. The number of carbonyl (C=O) groups is 2. The summed E-state index contributed by atoms with van der Waals surface area (Å²) in [5, 5.41) is 10.9. The van der Waals surface area contributed by atoms with Crippen LogP contribution in [0.25, 0.3) is 0 Å². The SMILES string of the molecule is CC(C)(COc1noc(C(=O)NC2C3CC4CC(C3)CC2C4)c1SC1CCCCC1)C(=O)NCCCN. The number of nitrogens with two attached hydrogens (primary N) is 1. The molecule has 4 N–H and O–H groups in total. The van der Waals surface area contributed by atoms with Crippen LogP contribution in [-0.2, 0) is 4.79 Å². The van der Waals surface area contributed by atoms with E-state index in [9.17, 15) is 9.59 Å². The van der Waals surface area contributed by atoms with Gasteiger partial charge < -0.3 is 25.6 Å². The van der Waals surface area contributed by atoms with Crippen molar-refractivity contribution < 1.29 is 18.8 Å². The monoisotopic (exact) mass is 532 g/mol. The third-order valence-electron chi connectivity index (χ3n) is 9.04. The van der Waals surface area contributed by atoms with E-state index in [-0.39, 0.29) is 30.2 Å². The highest BCUT2D eigenvalue weighted by molar-refractivity contribution is 8.00. The minimum absolute atomic E-state index is 0.0919. The summed E-state index contributed by atoms with van der Waals surface area (Å²) in [7, 11) is 0. The lowest BCUT2D eigenvalue weighted by Crippen LogP contribution is -2.55. The molecule has 5 saturated carbocycles. The number of amides is 2. The molecule has 0 aliphatic heterocycles. The quantitative estimate of drug-likeness (QED) is 0.358. The van der Waals surface area contributed by atoms with Crippen molar-refractivity contribution in [2.45, 2.75) is 101 Å². The first-order valence-corrected chi connectivity index (χ1v) is 15.3. The van der Waals surface area contributed by atoms with Gasteiger partial charge in [-0.2, -0.15) is 0 Å². The van der Waals surface area contributed by atoms with E-state index in [1.807, 2.05) is 13.8 Å². The highest BCUT2D eigenvalue weighted by Crippen LogP contribution is 2.54. The Labute approximate surface area is 224 Å². The number of rotatable bonds is 11. The molecule has 5 aliphatic carbocycles. The van der Waals surface area contributed by atoms with Crippen LogP contribution in [-0.4, -0.2) is 48.0 Å². The van der Waals surface area contributed by atoms with Crippen LogP contribution >= 0.6 is 11.8 Å². The number of hydrogen-bond acceptors (Lipinski definition) is 7. The Morgan fingerprint density at radius 3 is 2.41 bits per heavy atom. The molecule has 0 radical (unpaired) electrons. The van der Waals surface area contributed by atoms with Gasteiger partial charge in [0, 0.05) is 17.8 Å². The van der Waals surface area contributed by atoms with Crippen LogP contribution in [0.4, 0.5) is 0 Å². The molecule has 37 heavy (non-hydrogen) atoms. The van der Waals surface area contributed by atoms with Crippen molar-refractivity contribution in [1.29, 1.82) is 0 Å². The van der Waals surface area contributed by atoms with Gasteiger partial charge in [-0.1, -0.05) is 19.3 Å². The molecule has 5 aliphatic rings. The van der Waals surface area contributed by atoms with Gasteiger partial charge >= 0.3 is 0 Å². The van der Waals surface area contributed by atoms with E-state index in [4.69, 9.17) is 15.0 Å². The highest BCUT2D eigenvalue weighted by Gasteiger charge is 2.49. The van der Waals surface area contributed by atoms with Gasteiger partial charge in [-0.15, -0.1) is 11.8 Å². The first-order valence-electron chi connectivity index (χ1n) is 14.4. The number of aromatic nitrogens is 1. The molecule has 2 amide bonds. The average molecular weight is 533 g/mol. The highest BCUT2D eigenvalue weighted by atomic mass is 32.2. The van der Waals surface area contributed by atoms with Crippen molar-refractivity contribution in [2.75, 3.05) is 19.7 Å². The van der Waals surface area contributed by atoms with E-state index in [2.05, 4.69) is 15.8 Å². The molecule has 0 saturated heterocycles. The van der Waals surface area contributed by atoms with Crippen LogP contribution in [0.3, 0.4) is 0 Å². The van der Waals surface area contributed by atoms with Crippen LogP contribution in [0.5, 0.6) is 5.88 Å². The number of carbonyl (C=O) groups excluding carboxylic acids is 2. The van der Waals surface area contributed by atoms with E-state index in [1.54, 1.807) is 11.8 Å². The van der Waals surface area contributed by atoms with Crippen molar-refractivity contribution in [3.8, 4) is 5.88 Å². The molecule has 0 spiro atoms. The van der Waals surface area contributed by atoms with Gasteiger partial charge in [0.15, 0.2) is 0 Å². The van der Waals surface area contributed by atoms with Gasteiger partial charge in [0.1, 0.15) is 11.5 Å². The molecule has 1 heterocycles. The van der Waals surface area contributed by atoms with Crippen LogP contribution in [0.2, 0.25) is 0 Å². The molecule has 0 aromatic carbocycles. The lowest BCUT2D eigenvalue weighted by Gasteiger charge is -2.54. The summed E-state index contributed by atoms with van der Waals surface area (Å²) in [4.78, 5) is 26.9. The molecular weight excluding hydrogens is 488 g/mol. The lowest BCUT2D eigenvalue weighted by atomic mass is 9.54. The maximum Gasteiger partial charge on any atom is 0.291 e. The van der Waals surface area contributed by atoms with Crippen molar-refractivity contribution in [1.82, 2.24) is 15.8 Å². The molecule has 1 aromatic heterocycles. The zero-order chi connectivity index (χ0) is 26.0. The molecular formula is C28H44N4O4S. The molecule has 8 nitrogen and oxygen atoms in total. The van der Waals surface area contributed by atoms with Crippen LogP contribution in [0, 0.1) is 29.1 Å². The van der Waals surface area contributed by atoms with Gasteiger partial charge in [-0.3, -0.25) is 9.59 Å². The first-order chi connectivity index (χ1) is 17.8. The minimum Gasteiger partial charge on any atom is -0.474 e. The summed E-state index contributed by atoms with van der Waals surface area (Å²) in [6.07, 6.45) is 13.0. The van der Waals surface area contributed by atoms with E-state index in [1.165, 1.54) is 51.4 Å². The van der Waals surface area contributed by atoms with E-state index in [0.29, 0.717) is 41.0 Å². The maximum atomic E-state index is 13.6. The molecule has 206 valence electrons. The standard InChI is InChI=1S/C28H44N4O4S/c1-28(2,27(34)30-10-6-9-29)16-35-26-24(37-21-7-4-3-5-8-21)23(36-32-26)25(33)31-22-19-12-17-11-18(14-19)15-20(22)13-17/h17-22H,3-16,29H2,1-2H3,(H,30,34)(H,31,33). The Bertz CT molecular complexity index is 930. The topological polar surface area (TPSA) is 119 Å². The molecule has 0 unspecified atom stereocenters. The molecule has 9 heteroatoms. The van der Waals surface area contributed by atoms with Crippen LogP contribution in [0.15, 0.2) is 9.42 Å². The van der Waals surface area contributed by atoms with E-state index in [0.717, 1.165) is 31.1 Å². The van der Waals surface area contributed by atoms with Crippen molar-refractivity contribution in [3.63, 3.8) is 0 Å². The number of hydrogen-bond donors (Lipinski definition) is 3. The van der Waals surface area contributed by atoms with Crippen LogP contribution in [0.1, 0.15) is 95.0 Å². The van der Waals surface area contributed by atoms with Gasteiger partial charge in [0.2, 0.25) is 11.7 Å².